The molecule has 0 bridgehead atoms. The van der Waals surface area contributed by atoms with E-state index in [2.05, 4.69) is 0 Å². The second kappa shape index (κ2) is 6.54. The third-order valence-electron chi connectivity index (χ3n) is 3.23. The second-order valence-corrected chi connectivity index (χ2v) is 5.51. The lowest BCUT2D eigenvalue weighted by Crippen LogP contribution is -2.46. The Bertz CT molecular complexity index is 368. The van der Waals surface area contributed by atoms with E-state index in [4.69, 9.17) is 5.11 Å². The first-order valence-electron chi connectivity index (χ1n) is 6.55. The lowest BCUT2D eigenvalue weighted by molar-refractivity contribution is -0.149. The molecule has 1 rings (SSSR count). The normalized spacial score (nSPS) is 19.7. The summed E-state index contributed by atoms with van der Waals surface area (Å²) in [6, 6.07) is 0. The van der Waals surface area contributed by atoms with Gasteiger partial charge in [-0.1, -0.05) is 13.8 Å². The summed E-state index contributed by atoms with van der Waals surface area (Å²) in [5.74, 6) is -1.46. The highest BCUT2D eigenvalue weighted by Crippen LogP contribution is 2.20. The molecule has 0 aromatic heterocycles. The highest BCUT2D eigenvalue weighted by molar-refractivity contribution is 5.88. The standard InChI is InChI=1S/C13H22N2O4/c1-9(2)7-15(8-12(17)18)13(19)10-4-5-14(3)11(16)6-10/h9-10H,4-8H2,1-3H3,(H,17,18). The summed E-state index contributed by atoms with van der Waals surface area (Å²) in [4.78, 5) is 37.7. The fourth-order valence-electron chi connectivity index (χ4n) is 2.25. The van der Waals surface area contributed by atoms with E-state index >= 15 is 0 Å². The number of nitrogens with zero attached hydrogens (tertiary/aromatic N) is 2. The van der Waals surface area contributed by atoms with Crippen molar-refractivity contribution in [2.24, 2.45) is 11.8 Å². The predicted molar refractivity (Wildman–Crippen MR) is 69.4 cm³/mol. The predicted octanol–water partition coefficient (Wildman–Crippen LogP) is 0.424. The van der Waals surface area contributed by atoms with Crippen molar-refractivity contribution in [1.82, 2.24) is 9.80 Å². The van der Waals surface area contributed by atoms with Gasteiger partial charge in [-0.25, -0.2) is 0 Å². The largest absolute Gasteiger partial charge is 0.480 e. The quantitative estimate of drug-likeness (QED) is 0.785. The first kappa shape index (κ1) is 15.5. The summed E-state index contributed by atoms with van der Waals surface area (Å²) in [5, 5.41) is 8.87. The van der Waals surface area contributed by atoms with E-state index in [9.17, 15) is 14.4 Å². The molecule has 1 atom stereocenters. The summed E-state index contributed by atoms with van der Waals surface area (Å²) < 4.78 is 0. The lowest BCUT2D eigenvalue weighted by Gasteiger charge is -2.32. The number of carboxylic acid groups (broad SMARTS) is 1. The zero-order chi connectivity index (χ0) is 14.6. The molecule has 1 aliphatic heterocycles. The molecule has 6 nitrogen and oxygen atoms in total. The van der Waals surface area contributed by atoms with Crippen LogP contribution < -0.4 is 0 Å². The van der Waals surface area contributed by atoms with E-state index in [1.807, 2.05) is 13.8 Å². The molecule has 108 valence electrons. The van der Waals surface area contributed by atoms with Gasteiger partial charge in [-0.2, -0.15) is 0 Å². The van der Waals surface area contributed by atoms with Crippen LogP contribution in [-0.4, -0.2) is 59.4 Å². The van der Waals surface area contributed by atoms with Crippen LogP contribution in [0.4, 0.5) is 0 Å². The van der Waals surface area contributed by atoms with Gasteiger partial charge in [-0.3, -0.25) is 14.4 Å². The molecule has 0 aromatic carbocycles. The summed E-state index contributed by atoms with van der Waals surface area (Å²) in [5.41, 5.74) is 0. The van der Waals surface area contributed by atoms with Gasteiger partial charge in [-0.05, 0) is 12.3 Å². The Labute approximate surface area is 113 Å². The van der Waals surface area contributed by atoms with E-state index < -0.39 is 5.97 Å². The van der Waals surface area contributed by atoms with Crippen molar-refractivity contribution in [2.75, 3.05) is 26.7 Å². The minimum atomic E-state index is -1.02. The molecule has 0 aliphatic carbocycles. The number of piperidine rings is 1. The molecule has 1 heterocycles. The Hall–Kier alpha value is -1.59. The summed E-state index contributed by atoms with van der Waals surface area (Å²) in [6.45, 7) is 4.53. The SMILES string of the molecule is CC(C)CN(CC(=O)O)C(=O)C1CCN(C)C(=O)C1. The van der Waals surface area contributed by atoms with Crippen LogP contribution in [0.2, 0.25) is 0 Å². The molecule has 1 aliphatic rings. The number of amides is 2. The third-order valence-corrected chi connectivity index (χ3v) is 3.23. The van der Waals surface area contributed by atoms with Crippen molar-refractivity contribution in [3.05, 3.63) is 0 Å². The molecular formula is C13H22N2O4. The van der Waals surface area contributed by atoms with Crippen LogP contribution >= 0.6 is 0 Å². The zero-order valence-electron chi connectivity index (χ0n) is 11.8. The van der Waals surface area contributed by atoms with Gasteiger partial charge in [-0.15, -0.1) is 0 Å². The van der Waals surface area contributed by atoms with Gasteiger partial charge in [0.15, 0.2) is 0 Å². The minimum absolute atomic E-state index is 0.0515. The van der Waals surface area contributed by atoms with Gasteiger partial charge in [0, 0.05) is 32.5 Å². The number of carboxylic acids is 1. The van der Waals surface area contributed by atoms with Crippen LogP contribution in [0, 0.1) is 11.8 Å². The zero-order valence-corrected chi connectivity index (χ0v) is 11.8. The molecule has 1 N–H and O–H groups in total. The topological polar surface area (TPSA) is 77.9 Å². The highest BCUT2D eigenvalue weighted by Gasteiger charge is 2.32. The monoisotopic (exact) mass is 270 g/mol. The maximum Gasteiger partial charge on any atom is 0.323 e. The number of hydrogen-bond acceptors (Lipinski definition) is 3. The van der Waals surface area contributed by atoms with Gasteiger partial charge in [0.1, 0.15) is 6.54 Å². The first-order chi connectivity index (χ1) is 8.81. The number of rotatable bonds is 5. The van der Waals surface area contributed by atoms with E-state index in [1.54, 1.807) is 11.9 Å². The average Bonchev–Trinajstić information content (AvgIpc) is 2.29. The third kappa shape index (κ3) is 4.54. The maximum atomic E-state index is 12.3. The lowest BCUT2D eigenvalue weighted by atomic mass is 9.94. The maximum absolute atomic E-state index is 12.3. The van der Waals surface area contributed by atoms with Crippen LogP contribution in [0.25, 0.3) is 0 Å². The van der Waals surface area contributed by atoms with Crippen LogP contribution in [0.3, 0.4) is 0 Å². The molecule has 1 unspecified atom stereocenters. The number of carbonyl (C=O) groups excluding carboxylic acids is 2. The number of aliphatic carboxylic acids is 1. The van der Waals surface area contributed by atoms with Crippen LogP contribution in [-0.2, 0) is 14.4 Å². The van der Waals surface area contributed by atoms with Gasteiger partial charge in [0.05, 0.1) is 0 Å². The molecule has 0 aromatic rings. The Morgan fingerprint density at radius 3 is 2.58 bits per heavy atom. The molecule has 0 saturated carbocycles. The van der Waals surface area contributed by atoms with E-state index in [1.165, 1.54) is 4.90 Å². The molecule has 0 spiro atoms. The van der Waals surface area contributed by atoms with E-state index in [0.717, 1.165) is 0 Å². The van der Waals surface area contributed by atoms with Crippen LogP contribution in [0.15, 0.2) is 0 Å². The molecule has 6 heteroatoms. The molecule has 19 heavy (non-hydrogen) atoms. The fourth-order valence-corrected chi connectivity index (χ4v) is 2.25. The fraction of sp³-hybridized carbons (Fsp3) is 0.769. The van der Waals surface area contributed by atoms with Crippen molar-refractivity contribution >= 4 is 17.8 Å². The van der Waals surface area contributed by atoms with Crippen molar-refractivity contribution < 1.29 is 19.5 Å². The van der Waals surface area contributed by atoms with Crippen LogP contribution in [0.1, 0.15) is 26.7 Å². The molecule has 1 fully saturated rings. The van der Waals surface area contributed by atoms with Crippen molar-refractivity contribution in [2.45, 2.75) is 26.7 Å². The minimum Gasteiger partial charge on any atom is -0.480 e. The summed E-state index contributed by atoms with van der Waals surface area (Å²) in [7, 11) is 1.71. The van der Waals surface area contributed by atoms with Gasteiger partial charge < -0.3 is 14.9 Å². The van der Waals surface area contributed by atoms with Crippen molar-refractivity contribution in [3.63, 3.8) is 0 Å². The van der Waals surface area contributed by atoms with Crippen LogP contribution in [0.5, 0.6) is 0 Å². The van der Waals surface area contributed by atoms with Gasteiger partial charge in [0.25, 0.3) is 0 Å². The van der Waals surface area contributed by atoms with Crippen molar-refractivity contribution in [1.29, 1.82) is 0 Å². The number of carbonyl (C=O) groups is 3. The Morgan fingerprint density at radius 2 is 2.11 bits per heavy atom. The summed E-state index contributed by atoms with van der Waals surface area (Å²) in [6.07, 6.45) is 0.791. The van der Waals surface area contributed by atoms with E-state index in [0.29, 0.717) is 19.5 Å². The highest BCUT2D eigenvalue weighted by atomic mass is 16.4. The second-order valence-electron chi connectivity index (χ2n) is 5.51. The van der Waals surface area contributed by atoms with Crippen molar-refractivity contribution in [3.8, 4) is 0 Å². The first-order valence-corrected chi connectivity index (χ1v) is 6.55. The molecule has 0 radical (unpaired) electrons. The average molecular weight is 270 g/mol. The number of likely N-dealkylation sites (tertiary alicyclic amines) is 1. The smallest absolute Gasteiger partial charge is 0.323 e. The van der Waals surface area contributed by atoms with Gasteiger partial charge >= 0.3 is 5.97 Å². The number of hydrogen-bond donors (Lipinski definition) is 1. The molecular weight excluding hydrogens is 248 g/mol. The molecule has 1 saturated heterocycles. The Kier molecular flexibility index (Phi) is 5.32. The Balaban J connectivity index is 2.70. The van der Waals surface area contributed by atoms with E-state index in [-0.39, 0.29) is 36.6 Å². The Morgan fingerprint density at radius 1 is 1.47 bits per heavy atom. The summed E-state index contributed by atoms with van der Waals surface area (Å²) >= 11 is 0. The van der Waals surface area contributed by atoms with Gasteiger partial charge in [0.2, 0.25) is 11.8 Å². The molecule has 2 amide bonds.